The van der Waals surface area contributed by atoms with Crippen LogP contribution < -0.4 is 10.2 Å². The van der Waals surface area contributed by atoms with Gasteiger partial charge in [-0.3, -0.25) is 0 Å². The second-order valence-corrected chi connectivity index (χ2v) is 7.34. The van der Waals surface area contributed by atoms with Crippen LogP contribution in [0.5, 0.6) is 0 Å². The summed E-state index contributed by atoms with van der Waals surface area (Å²) < 4.78 is 1.92. The van der Waals surface area contributed by atoms with E-state index in [-0.39, 0.29) is 0 Å². The fraction of sp³-hybridized carbons (Fsp3) is 0.381. The average Bonchev–Trinajstić information content (AvgIpc) is 3.13. The van der Waals surface area contributed by atoms with Crippen LogP contribution >= 0.6 is 0 Å². The largest absolute Gasteiger partial charge is 0.366 e. The summed E-state index contributed by atoms with van der Waals surface area (Å²) in [5.74, 6) is 2.58. The van der Waals surface area contributed by atoms with Crippen LogP contribution in [0.2, 0.25) is 0 Å². The van der Waals surface area contributed by atoms with Crippen molar-refractivity contribution in [2.75, 3.05) is 23.3 Å². The first-order chi connectivity index (χ1) is 13.2. The van der Waals surface area contributed by atoms with Crippen molar-refractivity contribution in [1.82, 2.24) is 19.7 Å². The van der Waals surface area contributed by atoms with Gasteiger partial charge in [-0.05, 0) is 43.4 Å². The number of aryl methyl sites for hydroxylation is 1. The number of nitrogens with one attached hydrogen (secondary N) is 1. The normalized spacial score (nSPS) is 17.1. The van der Waals surface area contributed by atoms with E-state index >= 15 is 0 Å². The van der Waals surface area contributed by atoms with E-state index < -0.39 is 0 Å². The number of para-hydroxylation sites is 1. The lowest BCUT2D eigenvalue weighted by Gasteiger charge is -2.31. The summed E-state index contributed by atoms with van der Waals surface area (Å²) >= 11 is 0. The monoisotopic (exact) mass is 362 g/mol. The highest BCUT2D eigenvalue weighted by atomic mass is 15.3. The number of hydrogen-bond donors (Lipinski definition) is 1. The molecule has 0 amide bonds. The summed E-state index contributed by atoms with van der Waals surface area (Å²) in [7, 11) is 0. The van der Waals surface area contributed by atoms with Crippen LogP contribution in [0.4, 0.5) is 11.6 Å². The standard InChI is InChI=1S/C21H26N6/c1-16-6-5-10-26(14-16)21-12-20(23-15-24-21)22-13-18-7-3-4-8-19(18)27-11-9-17(2)25-27/h3-4,7-9,11-12,15-16H,5-6,10,13-14H2,1-2H3,(H,22,23,24). The number of hydrogen-bond acceptors (Lipinski definition) is 5. The van der Waals surface area contributed by atoms with E-state index in [0.29, 0.717) is 6.54 Å². The molecule has 0 aliphatic carbocycles. The molecule has 6 heteroatoms. The van der Waals surface area contributed by atoms with Gasteiger partial charge in [-0.1, -0.05) is 25.1 Å². The molecule has 0 bridgehead atoms. The Bertz CT molecular complexity index is 903. The summed E-state index contributed by atoms with van der Waals surface area (Å²) in [5.41, 5.74) is 3.26. The maximum Gasteiger partial charge on any atom is 0.134 e. The Morgan fingerprint density at radius 3 is 2.89 bits per heavy atom. The lowest BCUT2D eigenvalue weighted by atomic mass is 10.0. The van der Waals surface area contributed by atoms with Crippen LogP contribution in [-0.2, 0) is 6.54 Å². The van der Waals surface area contributed by atoms with Crippen LogP contribution in [-0.4, -0.2) is 32.8 Å². The number of aromatic nitrogens is 4. The third kappa shape index (κ3) is 4.10. The number of piperidine rings is 1. The smallest absolute Gasteiger partial charge is 0.134 e. The van der Waals surface area contributed by atoms with Gasteiger partial charge in [0.15, 0.2) is 0 Å². The first-order valence-corrected chi connectivity index (χ1v) is 9.60. The molecule has 4 rings (SSSR count). The predicted molar refractivity (Wildman–Crippen MR) is 108 cm³/mol. The molecule has 140 valence electrons. The Morgan fingerprint density at radius 2 is 2.07 bits per heavy atom. The van der Waals surface area contributed by atoms with Gasteiger partial charge in [-0.25, -0.2) is 14.6 Å². The van der Waals surface area contributed by atoms with Gasteiger partial charge < -0.3 is 10.2 Å². The number of anilines is 2. The SMILES string of the molecule is Cc1ccn(-c2ccccc2CNc2cc(N3CCCC(C)C3)ncn2)n1. The van der Waals surface area contributed by atoms with Crippen LogP contribution in [0.3, 0.4) is 0 Å². The number of rotatable bonds is 5. The van der Waals surface area contributed by atoms with Gasteiger partial charge >= 0.3 is 0 Å². The topological polar surface area (TPSA) is 58.9 Å². The Morgan fingerprint density at radius 1 is 1.19 bits per heavy atom. The van der Waals surface area contributed by atoms with Gasteiger partial charge in [0.1, 0.15) is 18.0 Å². The molecule has 1 fully saturated rings. The fourth-order valence-corrected chi connectivity index (χ4v) is 3.63. The second kappa shape index (κ2) is 7.78. The zero-order chi connectivity index (χ0) is 18.6. The molecule has 0 radical (unpaired) electrons. The van der Waals surface area contributed by atoms with Gasteiger partial charge in [0, 0.05) is 31.9 Å². The second-order valence-electron chi connectivity index (χ2n) is 7.34. The summed E-state index contributed by atoms with van der Waals surface area (Å²) in [5, 5.41) is 7.99. The molecule has 1 unspecified atom stereocenters. The van der Waals surface area contributed by atoms with Crippen LogP contribution in [0, 0.1) is 12.8 Å². The van der Waals surface area contributed by atoms with Gasteiger partial charge in [0.25, 0.3) is 0 Å². The van der Waals surface area contributed by atoms with Gasteiger partial charge in [-0.15, -0.1) is 0 Å². The van der Waals surface area contributed by atoms with Crippen LogP contribution in [0.15, 0.2) is 48.9 Å². The molecule has 1 aliphatic rings. The van der Waals surface area contributed by atoms with Gasteiger partial charge in [-0.2, -0.15) is 5.10 Å². The Labute approximate surface area is 160 Å². The lowest BCUT2D eigenvalue weighted by Crippen LogP contribution is -2.34. The van der Waals surface area contributed by atoms with E-state index in [1.165, 1.54) is 18.4 Å². The van der Waals surface area contributed by atoms with Crippen molar-refractivity contribution in [3.8, 4) is 5.69 Å². The molecule has 1 aromatic carbocycles. The lowest BCUT2D eigenvalue weighted by molar-refractivity contribution is 0.444. The van der Waals surface area contributed by atoms with E-state index in [9.17, 15) is 0 Å². The molecule has 3 aromatic rings. The van der Waals surface area contributed by atoms with Crippen molar-refractivity contribution in [3.05, 3.63) is 60.2 Å². The first-order valence-electron chi connectivity index (χ1n) is 9.60. The first kappa shape index (κ1) is 17.5. The predicted octanol–water partition coefficient (Wildman–Crippen LogP) is 3.82. The molecular formula is C21H26N6. The zero-order valence-corrected chi connectivity index (χ0v) is 16.0. The summed E-state index contributed by atoms with van der Waals surface area (Å²) in [4.78, 5) is 11.2. The molecule has 1 aliphatic heterocycles. The van der Waals surface area contributed by atoms with Crippen molar-refractivity contribution in [2.24, 2.45) is 5.92 Å². The van der Waals surface area contributed by atoms with Crippen LogP contribution in [0.25, 0.3) is 5.69 Å². The van der Waals surface area contributed by atoms with Crippen LogP contribution in [0.1, 0.15) is 31.0 Å². The molecule has 27 heavy (non-hydrogen) atoms. The average molecular weight is 362 g/mol. The molecule has 6 nitrogen and oxygen atoms in total. The third-order valence-electron chi connectivity index (χ3n) is 5.05. The Balaban J connectivity index is 1.49. The highest BCUT2D eigenvalue weighted by Gasteiger charge is 2.18. The van der Waals surface area contributed by atoms with E-state index in [0.717, 1.165) is 42.0 Å². The highest BCUT2D eigenvalue weighted by Crippen LogP contribution is 2.23. The summed E-state index contributed by atoms with van der Waals surface area (Å²) in [6, 6.07) is 12.4. The molecule has 0 spiro atoms. The Kier molecular flexibility index (Phi) is 5.05. The van der Waals surface area contributed by atoms with Crippen molar-refractivity contribution in [3.63, 3.8) is 0 Å². The van der Waals surface area contributed by atoms with Crippen molar-refractivity contribution < 1.29 is 0 Å². The van der Waals surface area contributed by atoms with E-state index in [2.05, 4.69) is 56.5 Å². The van der Waals surface area contributed by atoms with E-state index in [4.69, 9.17) is 0 Å². The van der Waals surface area contributed by atoms with E-state index in [1.807, 2.05) is 29.9 Å². The minimum Gasteiger partial charge on any atom is -0.366 e. The molecular weight excluding hydrogens is 336 g/mol. The van der Waals surface area contributed by atoms with E-state index in [1.54, 1.807) is 6.33 Å². The highest BCUT2D eigenvalue weighted by molar-refractivity contribution is 5.50. The maximum atomic E-state index is 4.54. The van der Waals surface area contributed by atoms with Crippen molar-refractivity contribution in [2.45, 2.75) is 33.2 Å². The molecule has 0 saturated carbocycles. The quantitative estimate of drug-likeness (QED) is 0.748. The molecule has 1 N–H and O–H groups in total. The van der Waals surface area contributed by atoms with Gasteiger partial charge in [0.2, 0.25) is 0 Å². The minimum atomic E-state index is 0.682. The zero-order valence-electron chi connectivity index (χ0n) is 16.0. The minimum absolute atomic E-state index is 0.682. The maximum absolute atomic E-state index is 4.54. The molecule has 1 saturated heterocycles. The van der Waals surface area contributed by atoms with Crippen molar-refractivity contribution >= 4 is 11.6 Å². The fourth-order valence-electron chi connectivity index (χ4n) is 3.63. The Hall–Kier alpha value is -2.89. The molecule has 2 aromatic heterocycles. The van der Waals surface area contributed by atoms with Crippen molar-refractivity contribution in [1.29, 1.82) is 0 Å². The number of nitrogens with zero attached hydrogens (tertiary/aromatic N) is 5. The number of benzene rings is 1. The third-order valence-corrected chi connectivity index (χ3v) is 5.05. The van der Waals surface area contributed by atoms with Gasteiger partial charge in [0.05, 0.1) is 11.4 Å². The summed E-state index contributed by atoms with van der Waals surface area (Å²) in [6.07, 6.45) is 6.18. The molecule has 3 heterocycles. The summed E-state index contributed by atoms with van der Waals surface area (Å²) in [6.45, 7) is 7.13. The molecule has 1 atom stereocenters.